The normalized spacial score (nSPS) is 14.7. The van der Waals surface area contributed by atoms with Gasteiger partial charge in [0.2, 0.25) is 11.8 Å². The number of carbonyl (C=O) groups excluding carboxylic acids is 2. The third kappa shape index (κ3) is 7.86. The maximum absolute atomic E-state index is 14.0. The Kier molecular flexibility index (Phi) is 10.0. The second-order valence-electron chi connectivity index (χ2n) is 10.5. The summed E-state index contributed by atoms with van der Waals surface area (Å²) in [5, 5.41) is 3.60. The number of rotatable bonds is 10. The molecule has 0 bridgehead atoms. The monoisotopic (exact) mass is 599 g/mol. The van der Waals surface area contributed by atoms with Crippen molar-refractivity contribution in [2.75, 3.05) is 10.8 Å². The molecule has 0 spiro atoms. The zero-order valence-electron chi connectivity index (χ0n) is 23.2. The number of halogens is 2. The molecule has 41 heavy (non-hydrogen) atoms. The fourth-order valence-corrected chi connectivity index (χ4v) is 6.45. The lowest BCUT2D eigenvalue weighted by Gasteiger charge is -2.33. The summed E-state index contributed by atoms with van der Waals surface area (Å²) in [7, 11) is -4.21. The number of carbonyl (C=O) groups is 2. The first-order valence-electron chi connectivity index (χ1n) is 13.7. The molecule has 218 valence electrons. The van der Waals surface area contributed by atoms with E-state index in [9.17, 15) is 22.4 Å². The quantitative estimate of drug-likeness (QED) is 0.317. The van der Waals surface area contributed by atoms with Crippen LogP contribution in [0.25, 0.3) is 0 Å². The van der Waals surface area contributed by atoms with Crippen LogP contribution in [0, 0.1) is 12.7 Å². The van der Waals surface area contributed by atoms with Gasteiger partial charge in [-0.25, -0.2) is 12.8 Å². The Morgan fingerprint density at radius 2 is 1.56 bits per heavy atom. The van der Waals surface area contributed by atoms with Crippen molar-refractivity contribution in [1.82, 2.24) is 10.2 Å². The van der Waals surface area contributed by atoms with Gasteiger partial charge in [-0.2, -0.15) is 0 Å². The number of benzene rings is 3. The maximum Gasteiger partial charge on any atom is 0.264 e. The van der Waals surface area contributed by atoms with Crippen molar-refractivity contribution in [2.45, 2.75) is 69.5 Å². The summed E-state index contributed by atoms with van der Waals surface area (Å²) in [5.41, 5.74) is 1.74. The fourth-order valence-electron chi connectivity index (χ4n) is 4.91. The number of sulfonamides is 1. The Hall–Kier alpha value is -3.43. The van der Waals surface area contributed by atoms with E-state index in [1.165, 1.54) is 29.2 Å². The zero-order valence-corrected chi connectivity index (χ0v) is 24.8. The van der Waals surface area contributed by atoms with Crippen LogP contribution in [0.4, 0.5) is 10.1 Å². The summed E-state index contributed by atoms with van der Waals surface area (Å²) in [6, 6.07) is 17.3. The predicted octanol–water partition coefficient (Wildman–Crippen LogP) is 5.85. The first kappa shape index (κ1) is 30.5. The molecule has 0 saturated heterocycles. The van der Waals surface area contributed by atoms with Gasteiger partial charge in [-0.1, -0.05) is 60.7 Å². The fraction of sp³-hybridized carbons (Fsp3) is 0.355. The van der Waals surface area contributed by atoms with Gasteiger partial charge in [0.05, 0.1) is 10.6 Å². The first-order valence-corrected chi connectivity index (χ1v) is 15.6. The number of hydrogen-bond donors (Lipinski definition) is 1. The third-order valence-corrected chi connectivity index (χ3v) is 9.43. The van der Waals surface area contributed by atoms with Crippen molar-refractivity contribution in [1.29, 1.82) is 0 Å². The number of aryl methyl sites for hydroxylation is 1. The lowest BCUT2D eigenvalue weighted by atomic mass is 9.95. The van der Waals surface area contributed by atoms with Gasteiger partial charge in [0.25, 0.3) is 10.0 Å². The molecular formula is C31H35ClFN3O4S. The number of nitrogens with zero attached hydrogens (tertiary/aromatic N) is 2. The lowest BCUT2D eigenvalue weighted by molar-refractivity contribution is -0.139. The van der Waals surface area contributed by atoms with Crippen LogP contribution in [0.5, 0.6) is 0 Å². The molecule has 1 aliphatic carbocycles. The number of nitrogens with one attached hydrogen (secondary N) is 1. The van der Waals surface area contributed by atoms with Crippen molar-refractivity contribution in [2.24, 2.45) is 0 Å². The smallest absolute Gasteiger partial charge is 0.264 e. The molecule has 2 amide bonds. The van der Waals surface area contributed by atoms with Crippen molar-refractivity contribution < 1.29 is 22.4 Å². The summed E-state index contributed by atoms with van der Waals surface area (Å²) in [5.74, 6) is -1.41. The van der Waals surface area contributed by atoms with E-state index < -0.39 is 34.3 Å². The van der Waals surface area contributed by atoms with Crippen molar-refractivity contribution in [3.8, 4) is 0 Å². The van der Waals surface area contributed by atoms with Gasteiger partial charge in [-0.3, -0.25) is 13.9 Å². The van der Waals surface area contributed by atoms with Crippen LogP contribution in [0.15, 0.2) is 77.7 Å². The molecule has 1 N–H and O–H groups in total. The number of anilines is 1. The summed E-state index contributed by atoms with van der Waals surface area (Å²) in [6.45, 7) is 2.96. The molecule has 4 rings (SSSR count). The molecule has 0 unspecified atom stereocenters. The van der Waals surface area contributed by atoms with Gasteiger partial charge < -0.3 is 10.2 Å². The molecular weight excluding hydrogens is 565 g/mol. The minimum atomic E-state index is -4.21. The molecule has 0 aromatic heterocycles. The highest BCUT2D eigenvalue weighted by Gasteiger charge is 2.33. The highest BCUT2D eigenvalue weighted by Crippen LogP contribution is 2.26. The van der Waals surface area contributed by atoms with Crippen LogP contribution in [-0.4, -0.2) is 43.8 Å². The second-order valence-corrected chi connectivity index (χ2v) is 12.8. The minimum Gasteiger partial charge on any atom is -0.352 e. The average Bonchev–Trinajstić information content (AvgIpc) is 2.96. The van der Waals surface area contributed by atoms with E-state index in [2.05, 4.69) is 5.32 Å². The van der Waals surface area contributed by atoms with Crippen molar-refractivity contribution in [3.05, 3.63) is 94.8 Å². The molecule has 3 aromatic rings. The van der Waals surface area contributed by atoms with Gasteiger partial charge >= 0.3 is 0 Å². The lowest BCUT2D eigenvalue weighted by Crippen LogP contribution is -2.53. The SMILES string of the molecule is Cc1ccc(S(=O)(=O)N(CC(=O)N(Cc2ccc(Cl)cc2)[C@H](C)C(=O)NC2CCCCC2)c2ccc(F)cc2)cc1. The van der Waals surface area contributed by atoms with Crippen molar-refractivity contribution in [3.63, 3.8) is 0 Å². The molecule has 3 aromatic carbocycles. The molecule has 1 fully saturated rings. The van der Waals surface area contributed by atoms with E-state index in [0.717, 1.165) is 59.7 Å². The van der Waals surface area contributed by atoms with Gasteiger partial charge in [0, 0.05) is 17.6 Å². The molecule has 7 nitrogen and oxygen atoms in total. The van der Waals surface area contributed by atoms with Crippen LogP contribution in [0.1, 0.15) is 50.2 Å². The van der Waals surface area contributed by atoms with E-state index >= 15 is 0 Å². The first-order chi connectivity index (χ1) is 19.5. The largest absolute Gasteiger partial charge is 0.352 e. The van der Waals surface area contributed by atoms with E-state index in [4.69, 9.17) is 11.6 Å². The Labute approximate surface area is 246 Å². The van der Waals surface area contributed by atoms with Gasteiger partial charge in [-0.15, -0.1) is 0 Å². The Morgan fingerprint density at radius 1 is 0.951 bits per heavy atom. The molecule has 10 heteroatoms. The van der Waals surface area contributed by atoms with Crippen molar-refractivity contribution >= 4 is 39.1 Å². The highest BCUT2D eigenvalue weighted by atomic mass is 35.5. The summed E-state index contributed by atoms with van der Waals surface area (Å²) in [6.07, 6.45) is 4.98. The number of hydrogen-bond acceptors (Lipinski definition) is 4. The topological polar surface area (TPSA) is 86.8 Å². The minimum absolute atomic E-state index is 0.00688. The molecule has 1 saturated carbocycles. The Morgan fingerprint density at radius 3 is 2.17 bits per heavy atom. The van der Waals surface area contributed by atoms with Crippen LogP contribution < -0.4 is 9.62 Å². The molecule has 0 heterocycles. The molecule has 0 aliphatic heterocycles. The third-order valence-electron chi connectivity index (χ3n) is 7.39. The van der Waals surface area contributed by atoms with E-state index in [1.54, 1.807) is 43.3 Å². The Balaban J connectivity index is 1.66. The average molecular weight is 600 g/mol. The van der Waals surface area contributed by atoms with Crippen LogP contribution in [-0.2, 0) is 26.2 Å². The van der Waals surface area contributed by atoms with Gasteiger partial charge in [-0.05, 0) is 80.8 Å². The van der Waals surface area contributed by atoms with Gasteiger partial charge in [0.15, 0.2) is 0 Å². The maximum atomic E-state index is 14.0. The van der Waals surface area contributed by atoms with E-state index in [-0.39, 0.29) is 29.1 Å². The standard InChI is InChI=1S/C31H35ClFN3O4S/c1-22-8-18-29(19-9-22)41(39,40)36(28-16-14-26(33)15-17-28)21-30(37)35(20-24-10-12-25(32)13-11-24)23(2)31(38)34-27-6-4-3-5-7-27/h8-19,23,27H,3-7,20-21H2,1-2H3,(H,34,38)/t23-/m1/s1. The molecule has 1 aliphatic rings. The molecule has 1 atom stereocenters. The second kappa shape index (κ2) is 13.5. The predicted molar refractivity (Wildman–Crippen MR) is 159 cm³/mol. The molecule has 0 radical (unpaired) electrons. The summed E-state index contributed by atoms with van der Waals surface area (Å²) in [4.78, 5) is 28.7. The van der Waals surface area contributed by atoms with Crippen LogP contribution in [0.3, 0.4) is 0 Å². The number of amides is 2. The highest BCUT2D eigenvalue weighted by molar-refractivity contribution is 7.92. The zero-order chi connectivity index (χ0) is 29.6. The summed E-state index contributed by atoms with van der Waals surface area (Å²) < 4.78 is 42.4. The summed E-state index contributed by atoms with van der Waals surface area (Å²) >= 11 is 6.05. The Bertz CT molecular complexity index is 1440. The van der Waals surface area contributed by atoms with E-state index in [0.29, 0.717) is 5.02 Å². The van der Waals surface area contributed by atoms with Crippen LogP contribution >= 0.6 is 11.6 Å². The van der Waals surface area contributed by atoms with E-state index in [1.807, 2.05) is 6.92 Å². The van der Waals surface area contributed by atoms with Gasteiger partial charge in [0.1, 0.15) is 18.4 Å². The van der Waals surface area contributed by atoms with Crippen LogP contribution in [0.2, 0.25) is 5.02 Å².